The number of fused-ring (bicyclic) bond motifs is 5. The van der Waals surface area contributed by atoms with Gasteiger partial charge in [0.1, 0.15) is 3.66 Å². The highest BCUT2D eigenvalue weighted by Gasteiger charge is 2.63. The summed E-state index contributed by atoms with van der Waals surface area (Å²) < 4.78 is 24.1. The summed E-state index contributed by atoms with van der Waals surface area (Å²) in [5, 5.41) is -0.0545. The maximum absolute atomic E-state index is 12.0. The van der Waals surface area contributed by atoms with Crippen LogP contribution in [-0.2, 0) is 21.6 Å². The lowest BCUT2D eigenvalue weighted by Gasteiger charge is -2.21. The van der Waals surface area contributed by atoms with Crippen LogP contribution in [0.15, 0.2) is 22.0 Å². The number of hydrogen-bond donors (Lipinski definition) is 0. The Labute approximate surface area is 103 Å². The van der Waals surface area contributed by atoms with Crippen molar-refractivity contribution in [2.45, 2.75) is 14.2 Å². The topological polar surface area (TPSA) is 34.1 Å². The molecule has 0 aromatic carbocycles. The van der Waals surface area contributed by atoms with Gasteiger partial charge in [-0.25, -0.2) is 0 Å². The van der Waals surface area contributed by atoms with Crippen molar-refractivity contribution in [3.8, 4) is 0 Å². The van der Waals surface area contributed by atoms with Gasteiger partial charge in [-0.1, -0.05) is 34.2 Å². The van der Waals surface area contributed by atoms with Crippen molar-refractivity contribution in [1.29, 1.82) is 0 Å². The Morgan fingerprint density at radius 3 is 2.79 bits per heavy atom. The molecule has 2 nitrogen and oxygen atoms in total. The van der Waals surface area contributed by atoms with Gasteiger partial charge in [-0.2, -0.15) is 0 Å². The summed E-state index contributed by atoms with van der Waals surface area (Å²) in [5.41, 5.74) is 0. The maximum Gasteiger partial charge on any atom is 0.127 e. The zero-order valence-electron chi connectivity index (χ0n) is 6.85. The molecule has 14 heavy (non-hydrogen) atoms. The fourth-order valence-electron chi connectivity index (χ4n) is 2.28. The van der Waals surface area contributed by atoms with E-state index >= 15 is 0 Å². The van der Waals surface area contributed by atoms with Crippen molar-refractivity contribution in [1.82, 2.24) is 0 Å². The van der Waals surface area contributed by atoms with E-state index in [1.165, 1.54) is 0 Å². The van der Waals surface area contributed by atoms with E-state index in [4.69, 9.17) is 0 Å². The van der Waals surface area contributed by atoms with Crippen LogP contribution in [0.2, 0.25) is 0 Å². The fraction of sp³-hybridized carbons (Fsp3) is 0.500. The van der Waals surface area contributed by atoms with Crippen molar-refractivity contribution in [3.05, 3.63) is 22.0 Å². The van der Waals surface area contributed by atoms with Gasteiger partial charge >= 0.3 is 0 Å². The van der Waals surface area contributed by atoms with Crippen molar-refractivity contribution < 1.29 is 8.42 Å². The summed E-state index contributed by atoms with van der Waals surface area (Å²) >= 11 is 6.83. The predicted octanol–water partition coefficient (Wildman–Crippen LogP) is 1.76. The molecular formula is C8H6Br2O2S2. The van der Waals surface area contributed by atoms with Crippen LogP contribution in [0.4, 0.5) is 0 Å². The molecular weight excluding hydrogens is 352 g/mol. The number of allylic oxidation sites excluding steroid dienone is 1. The first kappa shape index (κ1) is 9.93. The molecule has 6 atom stereocenters. The van der Waals surface area contributed by atoms with Gasteiger partial charge in [0.15, 0.2) is 0 Å². The summed E-state index contributed by atoms with van der Waals surface area (Å²) in [6.07, 6.45) is 5.83. The predicted molar refractivity (Wildman–Crippen MR) is 65.2 cm³/mol. The summed E-state index contributed by atoms with van der Waals surface area (Å²) in [5.74, 6) is 0.105. The zero-order valence-corrected chi connectivity index (χ0v) is 11.7. The molecule has 0 aromatic rings. The highest BCUT2D eigenvalue weighted by molar-refractivity contribution is 9.13. The number of hydrogen-bond acceptors (Lipinski definition) is 2. The van der Waals surface area contributed by atoms with Crippen molar-refractivity contribution >= 4 is 53.5 Å². The Morgan fingerprint density at radius 1 is 1.43 bits per heavy atom. The van der Waals surface area contributed by atoms with E-state index in [0.717, 1.165) is 3.81 Å². The van der Waals surface area contributed by atoms with Crippen LogP contribution in [0.3, 0.4) is 0 Å². The summed E-state index contributed by atoms with van der Waals surface area (Å²) in [6.45, 7) is 0. The molecule has 0 aliphatic carbocycles. The van der Waals surface area contributed by atoms with E-state index < -0.39 is 25.3 Å². The Hall–Kier alpha value is 0.740. The molecule has 1 fully saturated rings. The second kappa shape index (κ2) is 2.90. The van der Waals surface area contributed by atoms with Crippen LogP contribution < -0.4 is 0 Å². The van der Waals surface area contributed by atoms with E-state index in [2.05, 4.69) is 31.9 Å². The van der Waals surface area contributed by atoms with Gasteiger partial charge in [0.05, 0.1) is 35.9 Å². The van der Waals surface area contributed by atoms with Crippen LogP contribution >= 0.6 is 31.9 Å². The largest absolute Gasteiger partial charge is 0.257 e. The van der Waals surface area contributed by atoms with Crippen molar-refractivity contribution in [3.63, 3.8) is 0 Å². The highest BCUT2D eigenvalue weighted by Crippen LogP contribution is 2.56. The second-order valence-electron chi connectivity index (χ2n) is 3.58. The first-order valence-corrected chi connectivity index (χ1v) is 8.14. The molecule has 1 saturated heterocycles. The summed E-state index contributed by atoms with van der Waals surface area (Å²) in [7, 11) is -1.98. The molecule has 0 aromatic heterocycles. The van der Waals surface area contributed by atoms with Crippen LogP contribution in [0.1, 0.15) is 0 Å². The fourth-order valence-corrected chi connectivity index (χ4v) is 8.48. The van der Waals surface area contributed by atoms with Gasteiger partial charge in [-0.05, 0) is 15.9 Å². The molecule has 6 heteroatoms. The van der Waals surface area contributed by atoms with Gasteiger partial charge in [-0.15, -0.1) is 0 Å². The molecule has 0 radical (unpaired) electrons. The minimum Gasteiger partial charge on any atom is -0.257 e. The third kappa shape index (κ3) is 0.961. The first-order valence-electron chi connectivity index (χ1n) is 4.12. The van der Waals surface area contributed by atoms with Crippen LogP contribution in [-0.4, -0.2) is 22.6 Å². The van der Waals surface area contributed by atoms with E-state index in [1.54, 1.807) is 0 Å². The lowest BCUT2D eigenvalue weighted by Crippen LogP contribution is -2.31. The lowest BCUT2D eigenvalue weighted by molar-refractivity contribution is 0.619. The Balaban J connectivity index is 2.18. The first-order chi connectivity index (χ1) is 6.55. The smallest absolute Gasteiger partial charge is 0.127 e. The third-order valence-corrected chi connectivity index (χ3v) is 9.67. The minimum absolute atomic E-state index is 0.00502. The molecule has 3 heterocycles. The highest BCUT2D eigenvalue weighted by atomic mass is 79.9. The molecule has 0 saturated carbocycles. The zero-order chi connectivity index (χ0) is 10.1. The SMILES string of the molecule is O=S1C(Br)=C[C@H]2[C@@H]1[C@H]1C=C[C@]2(Br)S1=O. The third-order valence-electron chi connectivity index (χ3n) is 2.95. The van der Waals surface area contributed by atoms with Crippen molar-refractivity contribution in [2.24, 2.45) is 5.92 Å². The van der Waals surface area contributed by atoms with Gasteiger partial charge in [0.2, 0.25) is 0 Å². The molecule has 3 aliphatic heterocycles. The van der Waals surface area contributed by atoms with Gasteiger partial charge in [0.25, 0.3) is 0 Å². The Bertz CT molecular complexity index is 431. The molecule has 3 rings (SSSR count). The van der Waals surface area contributed by atoms with Crippen LogP contribution in [0.5, 0.6) is 0 Å². The number of rotatable bonds is 0. The Morgan fingerprint density at radius 2 is 2.14 bits per heavy atom. The lowest BCUT2D eigenvalue weighted by atomic mass is 9.94. The Kier molecular flexibility index (Phi) is 2.06. The van der Waals surface area contributed by atoms with Crippen LogP contribution in [0, 0.1) is 5.92 Å². The molecule has 2 bridgehead atoms. The van der Waals surface area contributed by atoms with Gasteiger partial charge in [-0.3, -0.25) is 8.42 Å². The van der Waals surface area contributed by atoms with Crippen molar-refractivity contribution in [2.75, 3.05) is 0 Å². The quantitative estimate of drug-likeness (QED) is 0.489. The van der Waals surface area contributed by atoms with E-state index in [1.807, 2.05) is 18.2 Å². The normalized spacial score (nSPS) is 59.0. The molecule has 0 N–H and O–H groups in total. The second-order valence-corrected chi connectivity index (χ2v) is 10.2. The van der Waals surface area contributed by atoms with Gasteiger partial charge < -0.3 is 0 Å². The molecule has 0 spiro atoms. The monoisotopic (exact) mass is 356 g/mol. The molecule has 76 valence electrons. The average Bonchev–Trinajstić information content (AvgIpc) is 2.65. The van der Waals surface area contributed by atoms with E-state index in [-0.39, 0.29) is 16.4 Å². The van der Waals surface area contributed by atoms with E-state index in [0.29, 0.717) is 0 Å². The summed E-state index contributed by atoms with van der Waals surface area (Å²) in [4.78, 5) is 0. The molecule has 0 amide bonds. The molecule has 3 aliphatic rings. The minimum atomic E-state index is -1.02. The van der Waals surface area contributed by atoms with Gasteiger partial charge in [0, 0.05) is 5.92 Å². The number of alkyl halides is 1. The number of halogens is 2. The maximum atomic E-state index is 12.0. The average molecular weight is 358 g/mol. The standard InChI is InChI=1S/C8H6Br2O2S2/c9-6-3-4-7(13(6)11)5-1-2-8(4,10)14(5)12/h1-5,7H/t4-,5+,7+,8-,13?,14?/m0/s1. The van der Waals surface area contributed by atoms with Crippen LogP contribution in [0.25, 0.3) is 0 Å². The van der Waals surface area contributed by atoms with E-state index in [9.17, 15) is 8.42 Å². The molecule has 2 unspecified atom stereocenters. The summed E-state index contributed by atoms with van der Waals surface area (Å²) in [6, 6.07) is 0.